The van der Waals surface area contributed by atoms with Crippen molar-refractivity contribution in [3.05, 3.63) is 55.1 Å². The number of nitro groups is 1. The van der Waals surface area contributed by atoms with Crippen LogP contribution < -0.4 is 4.74 Å². The van der Waals surface area contributed by atoms with Crippen LogP contribution >= 0.6 is 31.9 Å². The molecule has 0 radical (unpaired) electrons. The first-order valence-electron chi connectivity index (χ1n) is 5.39. The average molecular weight is 418 g/mol. The normalized spacial score (nSPS) is 10.2. The van der Waals surface area contributed by atoms with Gasteiger partial charge in [-0.25, -0.2) is 9.78 Å². The molecule has 1 heterocycles. The fourth-order valence-electron chi connectivity index (χ4n) is 1.45. The molecule has 108 valence electrons. The summed E-state index contributed by atoms with van der Waals surface area (Å²) in [5.41, 5.74) is -0.343. The van der Waals surface area contributed by atoms with Crippen molar-refractivity contribution in [1.29, 1.82) is 0 Å². The minimum Gasteiger partial charge on any atom is -0.477 e. The Kier molecular flexibility index (Phi) is 4.53. The first kappa shape index (κ1) is 15.4. The summed E-state index contributed by atoms with van der Waals surface area (Å²) in [6.07, 6.45) is 1.37. The molecule has 0 aliphatic carbocycles. The molecule has 0 aliphatic rings. The van der Waals surface area contributed by atoms with Crippen molar-refractivity contribution in [2.75, 3.05) is 0 Å². The lowest BCUT2D eigenvalue weighted by atomic mass is 10.2. The second kappa shape index (κ2) is 6.19. The second-order valence-corrected chi connectivity index (χ2v) is 5.56. The van der Waals surface area contributed by atoms with E-state index in [1.807, 2.05) is 0 Å². The molecule has 1 aromatic carbocycles. The zero-order chi connectivity index (χ0) is 15.6. The highest BCUT2D eigenvalue weighted by molar-refractivity contribution is 9.10. The Morgan fingerprint density at radius 3 is 2.67 bits per heavy atom. The van der Waals surface area contributed by atoms with E-state index in [0.29, 0.717) is 8.95 Å². The summed E-state index contributed by atoms with van der Waals surface area (Å²) >= 11 is 6.30. The number of hydrogen-bond acceptors (Lipinski definition) is 5. The number of carboxylic acid groups (broad SMARTS) is 1. The van der Waals surface area contributed by atoms with Gasteiger partial charge < -0.3 is 9.84 Å². The van der Waals surface area contributed by atoms with E-state index in [1.165, 1.54) is 30.5 Å². The third kappa shape index (κ3) is 3.56. The number of nitrogens with zero attached hydrogens (tertiary/aromatic N) is 2. The zero-order valence-electron chi connectivity index (χ0n) is 10.1. The Morgan fingerprint density at radius 1 is 1.33 bits per heavy atom. The maximum atomic E-state index is 11.2. The van der Waals surface area contributed by atoms with Crippen LogP contribution in [0, 0.1) is 10.1 Å². The van der Waals surface area contributed by atoms with Crippen LogP contribution in [-0.4, -0.2) is 21.0 Å². The lowest BCUT2D eigenvalue weighted by molar-refractivity contribution is -0.384. The number of aromatic carboxylic acids is 1. The number of benzene rings is 1. The first-order valence-corrected chi connectivity index (χ1v) is 6.97. The second-order valence-electron chi connectivity index (χ2n) is 3.79. The van der Waals surface area contributed by atoms with Gasteiger partial charge in [-0.1, -0.05) is 0 Å². The molecule has 7 nitrogen and oxygen atoms in total. The maximum Gasteiger partial charge on any atom is 0.341 e. The van der Waals surface area contributed by atoms with E-state index >= 15 is 0 Å². The monoisotopic (exact) mass is 416 g/mol. The largest absolute Gasteiger partial charge is 0.477 e. The van der Waals surface area contributed by atoms with Crippen LogP contribution in [0.25, 0.3) is 0 Å². The minimum atomic E-state index is -1.22. The van der Waals surface area contributed by atoms with E-state index in [1.54, 1.807) is 0 Å². The SMILES string of the molecule is O=C(O)c1cc(Br)cnc1Oc1cc([N+](=O)[O-])ccc1Br. The summed E-state index contributed by atoms with van der Waals surface area (Å²) in [6.45, 7) is 0. The van der Waals surface area contributed by atoms with E-state index in [-0.39, 0.29) is 22.9 Å². The van der Waals surface area contributed by atoms with Crippen LogP contribution in [0.2, 0.25) is 0 Å². The van der Waals surface area contributed by atoms with Crippen molar-refractivity contribution in [1.82, 2.24) is 4.98 Å². The third-order valence-electron chi connectivity index (χ3n) is 2.38. The lowest BCUT2D eigenvalue weighted by Gasteiger charge is -2.09. The molecule has 0 saturated carbocycles. The molecule has 0 atom stereocenters. The number of carboxylic acids is 1. The van der Waals surface area contributed by atoms with Crippen LogP contribution in [0.4, 0.5) is 5.69 Å². The zero-order valence-corrected chi connectivity index (χ0v) is 13.3. The van der Waals surface area contributed by atoms with E-state index in [9.17, 15) is 14.9 Å². The van der Waals surface area contributed by atoms with Gasteiger partial charge in [0.1, 0.15) is 5.56 Å². The lowest BCUT2D eigenvalue weighted by Crippen LogP contribution is -2.02. The molecule has 0 amide bonds. The highest BCUT2D eigenvalue weighted by Gasteiger charge is 2.17. The molecular formula is C12H6Br2N2O5. The molecule has 9 heteroatoms. The highest BCUT2D eigenvalue weighted by atomic mass is 79.9. The summed E-state index contributed by atoms with van der Waals surface area (Å²) in [7, 11) is 0. The summed E-state index contributed by atoms with van der Waals surface area (Å²) in [4.78, 5) is 25.2. The summed E-state index contributed by atoms with van der Waals surface area (Å²) in [5, 5.41) is 19.9. The molecule has 0 bridgehead atoms. The molecule has 0 fully saturated rings. The molecule has 2 aromatic rings. The molecule has 0 spiro atoms. The molecule has 0 aliphatic heterocycles. The molecule has 1 aromatic heterocycles. The standard InChI is InChI=1S/C12H6Br2N2O5/c13-6-3-8(12(17)18)11(15-5-6)21-10-4-7(16(19)20)1-2-9(10)14/h1-5H,(H,17,18). The highest BCUT2D eigenvalue weighted by Crippen LogP contribution is 2.34. The van der Waals surface area contributed by atoms with E-state index in [0.717, 1.165) is 0 Å². The smallest absolute Gasteiger partial charge is 0.341 e. The Balaban J connectivity index is 2.45. The molecular weight excluding hydrogens is 412 g/mol. The van der Waals surface area contributed by atoms with Gasteiger partial charge in [0.2, 0.25) is 5.88 Å². The Morgan fingerprint density at radius 2 is 2.05 bits per heavy atom. The van der Waals surface area contributed by atoms with Crippen LogP contribution in [-0.2, 0) is 0 Å². The van der Waals surface area contributed by atoms with Crippen LogP contribution in [0.3, 0.4) is 0 Å². The fraction of sp³-hybridized carbons (Fsp3) is 0. The number of non-ortho nitro benzene ring substituents is 1. The Hall–Kier alpha value is -2.00. The van der Waals surface area contributed by atoms with Crippen molar-refractivity contribution in [3.8, 4) is 11.6 Å². The van der Waals surface area contributed by atoms with Gasteiger partial charge in [-0.05, 0) is 44.0 Å². The summed E-state index contributed by atoms with van der Waals surface area (Å²) in [5.74, 6) is -1.28. The van der Waals surface area contributed by atoms with Gasteiger partial charge >= 0.3 is 5.97 Å². The average Bonchev–Trinajstić information content (AvgIpc) is 2.42. The first-order chi connectivity index (χ1) is 9.88. The van der Waals surface area contributed by atoms with Gasteiger partial charge in [0.25, 0.3) is 5.69 Å². The molecule has 0 saturated heterocycles. The molecule has 0 unspecified atom stereocenters. The molecule has 1 N–H and O–H groups in total. The van der Waals surface area contributed by atoms with Gasteiger partial charge in [0.15, 0.2) is 5.75 Å². The van der Waals surface area contributed by atoms with E-state index < -0.39 is 10.9 Å². The Labute approximate surface area is 135 Å². The number of halogens is 2. The van der Waals surface area contributed by atoms with E-state index in [4.69, 9.17) is 9.84 Å². The van der Waals surface area contributed by atoms with Crippen LogP contribution in [0.15, 0.2) is 39.4 Å². The number of pyridine rings is 1. The van der Waals surface area contributed by atoms with Gasteiger partial charge in [-0.15, -0.1) is 0 Å². The number of rotatable bonds is 4. The molecule has 2 rings (SSSR count). The quantitative estimate of drug-likeness (QED) is 0.595. The number of nitro benzene ring substituents is 1. The maximum absolute atomic E-state index is 11.2. The number of ether oxygens (including phenoxy) is 1. The van der Waals surface area contributed by atoms with Crippen molar-refractivity contribution in [2.45, 2.75) is 0 Å². The number of hydrogen-bond donors (Lipinski definition) is 1. The summed E-state index contributed by atoms with van der Waals surface area (Å²) in [6, 6.07) is 5.24. The van der Waals surface area contributed by atoms with Gasteiger partial charge in [0, 0.05) is 16.7 Å². The van der Waals surface area contributed by atoms with Crippen molar-refractivity contribution >= 4 is 43.5 Å². The van der Waals surface area contributed by atoms with Crippen molar-refractivity contribution < 1.29 is 19.6 Å². The van der Waals surface area contributed by atoms with Gasteiger partial charge in [-0.3, -0.25) is 10.1 Å². The number of aromatic nitrogens is 1. The minimum absolute atomic E-state index is 0.0986. The fourth-order valence-corrected chi connectivity index (χ4v) is 2.11. The number of carbonyl (C=O) groups is 1. The van der Waals surface area contributed by atoms with Crippen molar-refractivity contribution in [2.24, 2.45) is 0 Å². The Bertz CT molecular complexity index is 736. The summed E-state index contributed by atoms with van der Waals surface area (Å²) < 4.78 is 6.30. The third-order valence-corrected chi connectivity index (χ3v) is 3.47. The van der Waals surface area contributed by atoms with Crippen LogP contribution in [0.1, 0.15) is 10.4 Å². The predicted octanol–water partition coefficient (Wildman–Crippen LogP) is 4.01. The van der Waals surface area contributed by atoms with Gasteiger partial charge in [0.05, 0.1) is 15.5 Å². The molecule has 21 heavy (non-hydrogen) atoms. The topological polar surface area (TPSA) is 103 Å². The van der Waals surface area contributed by atoms with Crippen molar-refractivity contribution in [3.63, 3.8) is 0 Å². The van der Waals surface area contributed by atoms with Crippen LogP contribution in [0.5, 0.6) is 11.6 Å². The predicted molar refractivity (Wildman–Crippen MR) is 79.8 cm³/mol. The van der Waals surface area contributed by atoms with E-state index in [2.05, 4.69) is 36.8 Å². The van der Waals surface area contributed by atoms with Gasteiger partial charge in [-0.2, -0.15) is 0 Å².